The van der Waals surface area contributed by atoms with Crippen LogP contribution in [0.25, 0.3) is 5.69 Å². The summed E-state index contributed by atoms with van der Waals surface area (Å²) in [5, 5.41) is 1.83. The predicted octanol–water partition coefficient (Wildman–Crippen LogP) is 1.77. The van der Waals surface area contributed by atoms with E-state index in [-0.39, 0.29) is 11.5 Å². The van der Waals surface area contributed by atoms with Crippen molar-refractivity contribution in [3.63, 3.8) is 0 Å². The van der Waals surface area contributed by atoms with Crippen LogP contribution in [0.2, 0.25) is 0 Å². The third-order valence-corrected chi connectivity index (χ3v) is 7.00. The van der Waals surface area contributed by atoms with Gasteiger partial charge >= 0.3 is 5.97 Å². The zero-order valence-electron chi connectivity index (χ0n) is 15.5. The van der Waals surface area contributed by atoms with E-state index < -0.39 is 39.7 Å². The van der Waals surface area contributed by atoms with Crippen molar-refractivity contribution in [3.05, 3.63) is 53.3 Å². The molecule has 2 heterocycles. The number of ether oxygens (including phenoxy) is 1. The van der Waals surface area contributed by atoms with Crippen LogP contribution in [0.15, 0.2) is 36.4 Å². The number of halogens is 1. The van der Waals surface area contributed by atoms with Gasteiger partial charge in [0.15, 0.2) is 16.4 Å². The molecule has 1 aromatic carbocycles. The normalized spacial score (nSPS) is 20.7. The first-order valence-corrected chi connectivity index (χ1v) is 11.0. The Hall–Kier alpha value is -2.32. The Morgan fingerprint density at radius 2 is 1.89 bits per heavy atom. The lowest BCUT2D eigenvalue weighted by Crippen LogP contribution is -2.42. The van der Waals surface area contributed by atoms with Crippen molar-refractivity contribution >= 4 is 33.3 Å². The fourth-order valence-electron chi connectivity index (χ4n) is 3.34. The molecule has 0 bridgehead atoms. The van der Waals surface area contributed by atoms with Gasteiger partial charge in [-0.2, -0.15) is 0 Å². The van der Waals surface area contributed by atoms with E-state index in [4.69, 9.17) is 16.3 Å². The molecule has 1 aliphatic heterocycles. The Labute approximate surface area is 168 Å². The van der Waals surface area contributed by atoms with Crippen LogP contribution in [0, 0.1) is 13.8 Å². The van der Waals surface area contributed by atoms with Gasteiger partial charge in [0.25, 0.3) is 5.91 Å². The molecule has 1 amide bonds. The van der Waals surface area contributed by atoms with Gasteiger partial charge in [-0.3, -0.25) is 4.79 Å². The van der Waals surface area contributed by atoms with Gasteiger partial charge in [-0.25, -0.2) is 13.2 Å². The summed E-state index contributed by atoms with van der Waals surface area (Å²) in [6.07, 6.45) is 0. The molecule has 28 heavy (non-hydrogen) atoms. The van der Waals surface area contributed by atoms with E-state index >= 15 is 0 Å². The second-order valence-electron chi connectivity index (χ2n) is 6.80. The van der Waals surface area contributed by atoms with Crippen LogP contribution < -0.4 is 5.32 Å². The lowest BCUT2D eigenvalue weighted by molar-refractivity contribution is -0.124. The number of carbonyl (C=O) groups is 2. The standard InChI is InChI=1S/C19H21ClN2O5S/c1-12-8-15(13(2)22(12)14-6-4-3-5-7-14)19(24)27-9-18(23)21-17-11-28(25,26)10-16(17)20/h3-8,16-17H,9-11H2,1-2H3,(H,21,23)/t16-,17-/m1/s1. The van der Waals surface area contributed by atoms with Gasteiger partial charge < -0.3 is 14.6 Å². The average molecular weight is 425 g/mol. The monoisotopic (exact) mass is 424 g/mol. The molecule has 0 aliphatic carbocycles. The first kappa shape index (κ1) is 20.4. The number of rotatable bonds is 5. The van der Waals surface area contributed by atoms with Crippen LogP contribution in [-0.2, 0) is 19.4 Å². The average Bonchev–Trinajstić information content (AvgIpc) is 3.07. The molecule has 150 valence electrons. The topological polar surface area (TPSA) is 94.5 Å². The maximum absolute atomic E-state index is 12.4. The van der Waals surface area contributed by atoms with Crippen LogP contribution in [-0.4, -0.2) is 54.4 Å². The summed E-state index contributed by atoms with van der Waals surface area (Å²) in [5.74, 6) is -1.59. The maximum atomic E-state index is 12.4. The SMILES string of the molecule is Cc1cc(C(=O)OCC(=O)N[C@@H]2CS(=O)(=O)C[C@H]2Cl)c(C)n1-c1ccccc1. The smallest absolute Gasteiger partial charge is 0.340 e. The van der Waals surface area contributed by atoms with Crippen molar-refractivity contribution in [2.75, 3.05) is 18.1 Å². The number of esters is 1. The van der Waals surface area contributed by atoms with Gasteiger partial charge in [0.05, 0.1) is 28.5 Å². The molecule has 0 saturated carbocycles. The molecule has 0 radical (unpaired) electrons. The number of hydrogen-bond donors (Lipinski definition) is 1. The largest absolute Gasteiger partial charge is 0.452 e. The van der Waals surface area contributed by atoms with E-state index in [9.17, 15) is 18.0 Å². The summed E-state index contributed by atoms with van der Waals surface area (Å²) in [6.45, 7) is 3.18. The number of nitrogens with zero attached hydrogens (tertiary/aromatic N) is 1. The molecule has 1 N–H and O–H groups in total. The van der Waals surface area contributed by atoms with E-state index in [1.165, 1.54) is 0 Å². The third kappa shape index (κ3) is 4.39. The molecule has 1 fully saturated rings. The second kappa shape index (κ2) is 7.97. The lowest BCUT2D eigenvalue weighted by atomic mass is 10.2. The highest BCUT2D eigenvalue weighted by molar-refractivity contribution is 7.91. The van der Waals surface area contributed by atoms with Gasteiger partial charge in [-0.15, -0.1) is 11.6 Å². The molecule has 1 aliphatic rings. The molecule has 1 saturated heterocycles. The zero-order chi connectivity index (χ0) is 20.5. The summed E-state index contributed by atoms with van der Waals surface area (Å²) in [5.41, 5.74) is 2.86. The van der Waals surface area contributed by atoms with Crippen molar-refractivity contribution < 1.29 is 22.7 Å². The number of aromatic nitrogens is 1. The number of amides is 1. The second-order valence-corrected chi connectivity index (χ2v) is 9.51. The number of nitrogens with one attached hydrogen (secondary N) is 1. The van der Waals surface area contributed by atoms with E-state index in [1.807, 2.05) is 41.8 Å². The Balaban J connectivity index is 1.64. The Bertz CT molecular complexity index is 1000. The fraction of sp³-hybridized carbons (Fsp3) is 0.368. The minimum absolute atomic E-state index is 0.176. The number of carbonyl (C=O) groups excluding carboxylic acids is 2. The quantitative estimate of drug-likeness (QED) is 0.583. The number of benzene rings is 1. The number of alkyl halides is 1. The molecule has 2 atom stereocenters. The van der Waals surface area contributed by atoms with Gasteiger partial charge in [0, 0.05) is 17.1 Å². The van der Waals surface area contributed by atoms with Gasteiger partial charge in [0.1, 0.15) is 0 Å². The fourth-order valence-corrected chi connectivity index (χ4v) is 5.89. The number of aryl methyl sites for hydroxylation is 1. The number of para-hydroxylation sites is 1. The van der Waals surface area contributed by atoms with Crippen molar-refractivity contribution in [3.8, 4) is 5.69 Å². The highest BCUT2D eigenvalue weighted by atomic mass is 35.5. The predicted molar refractivity (Wildman–Crippen MR) is 106 cm³/mol. The summed E-state index contributed by atoms with van der Waals surface area (Å²) in [7, 11) is -3.26. The first-order valence-electron chi connectivity index (χ1n) is 8.73. The minimum Gasteiger partial charge on any atom is -0.452 e. The van der Waals surface area contributed by atoms with E-state index in [1.54, 1.807) is 13.0 Å². The minimum atomic E-state index is -3.26. The van der Waals surface area contributed by atoms with Crippen LogP contribution >= 0.6 is 11.6 Å². The van der Waals surface area contributed by atoms with Crippen LogP contribution in [0.3, 0.4) is 0 Å². The van der Waals surface area contributed by atoms with Gasteiger partial charge in [-0.1, -0.05) is 18.2 Å². The van der Waals surface area contributed by atoms with E-state index in [0.717, 1.165) is 11.4 Å². The van der Waals surface area contributed by atoms with Crippen molar-refractivity contribution in [1.29, 1.82) is 0 Å². The van der Waals surface area contributed by atoms with Crippen LogP contribution in [0.5, 0.6) is 0 Å². The molecule has 0 spiro atoms. The Kier molecular flexibility index (Phi) is 5.81. The summed E-state index contributed by atoms with van der Waals surface area (Å²) < 4.78 is 30.1. The van der Waals surface area contributed by atoms with Gasteiger partial charge in [-0.05, 0) is 32.0 Å². The van der Waals surface area contributed by atoms with Crippen LogP contribution in [0.1, 0.15) is 21.7 Å². The van der Waals surface area contributed by atoms with E-state index in [2.05, 4.69) is 5.32 Å². The summed E-state index contributed by atoms with van der Waals surface area (Å²) in [6, 6.07) is 10.6. The first-order chi connectivity index (χ1) is 13.2. The molecular formula is C19H21ClN2O5S. The number of sulfone groups is 1. The molecule has 2 aromatic rings. The summed E-state index contributed by atoms with van der Waals surface area (Å²) in [4.78, 5) is 24.5. The molecule has 0 unspecified atom stereocenters. The highest BCUT2D eigenvalue weighted by Gasteiger charge is 2.37. The molecule has 7 nitrogen and oxygen atoms in total. The van der Waals surface area contributed by atoms with Gasteiger partial charge in [0.2, 0.25) is 0 Å². The van der Waals surface area contributed by atoms with Crippen molar-refractivity contribution in [1.82, 2.24) is 9.88 Å². The summed E-state index contributed by atoms with van der Waals surface area (Å²) >= 11 is 5.96. The zero-order valence-corrected chi connectivity index (χ0v) is 17.1. The lowest BCUT2D eigenvalue weighted by Gasteiger charge is -2.14. The van der Waals surface area contributed by atoms with Crippen LogP contribution in [0.4, 0.5) is 0 Å². The third-order valence-electron chi connectivity index (χ3n) is 4.63. The maximum Gasteiger partial charge on any atom is 0.340 e. The molecule has 3 rings (SSSR count). The Morgan fingerprint density at radius 3 is 2.50 bits per heavy atom. The van der Waals surface area contributed by atoms with Crippen molar-refractivity contribution in [2.45, 2.75) is 25.3 Å². The van der Waals surface area contributed by atoms with Crippen molar-refractivity contribution in [2.24, 2.45) is 0 Å². The van der Waals surface area contributed by atoms with E-state index in [0.29, 0.717) is 11.3 Å². The number of hydrogen-bond acceptors (Lipinski definition) is 5. The molecular weight excluding hydrogens is 404 g/mol. The molecule has 9 heteroatoms. The Morgan fingerprint density at radius 1 is 1.21 bits per heavy atom. The highest BCUT2D eigenvalue weighted by Crippen LogP contribution is 2.21. The molecule has 1 aromatic heterocycles.